The van der Waals surface area contributed by atoms with Gasteiger partial charge in [0, 0.05) is 29.8 Å². The summed E-state index contributed by atoms with van der Waals surface area (Å²) < 4.78 is 39.9. The first-order valence-corrected chi connectivity index (χ1v) is 11.7. The first-order valence-electron chi connectivity index (χ1n) is 9.53. The molecule has 1 saturated heterocycles. The summed E-state index contributed by atoms with van der Waals surface area (Å²) in [6, 6.07) is 1.24. The molecular weight excluding hydrogens is 434 g/mol. The summed E-state index contributed by atoms with van der Waals surface area (Å²) in [5, 5.41) is 3.25. The minimum Gasteiger partial charge on any atom is -0.496 e. The predicted octanol–water partition coefficient (Wildman–Crippen LogP) is 1.94. The van der Waals surface area contributed by atoms with Crippen molar-refractivity contribution in [3.8, 4) is 17.2 Å². The highest BCUT2D eigenvalue weighted by Crippen LogP contribution is 2.52. The molecule has 2 heterocycles. The maximum absolute atomic E-state index is 13.4. The number of nitrogens with one attached hydrogen (secondary N) is 1. The van der Waals surface area contributed by atoms with E-state index in [9.17, 15) is 18.0 Å². The van der Waals surface area contributed by atoms with E-state index in [2.05, 4.69) is 5.32 Å². The van der Waals surface area contributed by atoms with E-state index in [1.165, 1.54) is 26.4 Å². The van der Waals surface area contributed by atoms with Crippen molar-refractivity contribution in [2.24, 2.45) is 5.92 Å². The molecule has 162 valence electrons. The topological polar surface area (TPSA) is 108 Å². The number of halogens is 1. The molecule has 0 bridgehead atoms. The molecule has 1 N–H and O–H groups in total. The van der Waals surface area contributed by atoms with Gasteiger partial charge in [-0.05, 0) is 12.8 Å². The first-order chi connectivity index (χ1) is 14.1. The number of allylic oxidation sites excluding steroid dienone is 1. The van der Waals surface area contributed by atoms with E-state index in [4.69, 9.17) is 25.8 Å². The molecule has 10 heteroatoms. The maximum atomic E-state index is 13.4. The zero-order valence-electron chi connectivity index (χ0n) is 16.8. The smallest absolute Gasteiger partial charge is 0.236 e. The van der Waals surface area contributed by atoms with Crippen LogP contribution in [0.5, 0.6) is 17.2 Å². The number of carbonyl (C=O) groups is 2. The number of methoxy groups -OCH3 is 2. The second-order valence-electron chi connectivity index (χ2n) is 7.85. The zero-order chi connectivity index (χ0) is 21.8. The lowest BCUT2D eigenvalue weighted by molar-refractivity contribution is -0.129. The van der Waals surface area contributed by atoms with Crippen LogP contribution in [-0.4, -0.2) is 57.4 Å². The third kappa shape index (κ3) is 3.06. The standard InChI is InChI=1S/C20H22ClNO7S/c1-10-6-12(22-11-4-5-30(25,26)9-11)7-15(23)20(10)19(24)16-13(27-2)8-14(28-3)17(21)18(16)29-20/h7-8,10-11,22H,4-6,9H2,1-3H3/t10-,11?,20+/m1/s1. The summed E-state index contributed by atoms with van der Waals surface area (Å²) in [7, 11) is -0.217. The Morgan fingerprint density at radius 1 is 1.23 bits per heavy atom. The quantitative estimate of drug-likeness (QED) is 0.686. The second-order valence-corrected chi connectivity index (χ2v) is 10.5. The van der Waals surface area contributed by atoms with Gasteiger partial charge < -0.3 is 19.5 Å². The number of carbonyl (C=O) groups excluding carboxylic acids is 2. The van der Waals surface area contributed by atoms with Crippen LogP contribution in [0, 0.1) is 5.92 Å². The molecule has 3 aliphatic rings. The summed E-state index contributed by atoms with van der Waals surface area (Å²) in [6.45, 7) is 1.75. The van der Waals surface area contributed by atoms with Crippen LogP contribution in [0.4, 0.5) is 0 Å². The van der Waals surface area contributed by atoms with E-state index in [1.807, 2.05) is 0 Å². The van der Waals surface area contributed by atoms with E-state index in [0.29, 0.717) is 18.5 Å². The average Bonchev–Trinajstić information content (AvgIpc) is 3.19. The molecule has 1 unspecified atom stereocenters. The van der Waals surface area contributed by atoms with Gasteiger partial charge in [0.25, 0.3) is 0 Å². The Morgan fingerprint density at radius 3 is 2.50 bits per heavy atom. The van der Waals surface area contributed by atoms with Gasteiger partial charge in [0.2, 0.25) is 17.2 Å². The van der Waals surface area contributed by atoms with E-state index in [1.54, 1.807) is 6.92 Å². The molecule has 2 aliphatic heterocycles. The molecule has 1 aromatic carbocycles. The molecule has 0 radical (unpaired) electrons. The molecule has 8 nitrogen and oxygen atoms in total. The lowest BCUT2D eigenvalue weighted by atomic mass is 9.74. The normalized spacial score (nSPS) is 29.4. The average molecular weight is 456 g/mol. The predicted molar refractivity (Wildman–Crippen MR) is 109 cm³/mol. The van der Waals surface area contributed by atoms with Crippen LogP contribution in [0.15, 0.2) is 17.8 Å². The number of benzene rings is 1. The van der Waals surface area contributed by atoms with Gasteiger partial charge >= 0.3 is 0 Å². The van der Waals surface area contributed by atoms with Crippen LogP contribution in [0.3, 0.4) is 0 Å². The lowest BCUT2D eigenvalue weighted by Crippen LogP contribution is -2.55. The van der Waals surface area contributed by atoms with Crippen LogP contribution < -0.4 is 19.5 Å². The van der Waals surface area contributed by atoms with Crippen LogP contribution in [-0.2, 0) is 14.6 Å². The summed E-state index contributed by atoms with van der Waals surface area (Å²) >= 11 is 6.36. The summed E-state index contributed by atoms with van der Waals surface area (Å²) in [6.07, 6.45) is 2.17. The molecular formula is C20H22ClNO7S. The van der Waals surface area contributed by atoms with Crippen molar-refractivity contribution in [2.75, 3.05) is 25.7 Å². The number of sulfone groups is 1. The van der Waals surface area contributed by atoms with Crippen LogP contribution in [0.25, 0.3) is 0 Å². The Bertz CT molecular complexity index is 1080. The monoisotopic (exact) mass is 455 g/mol. The van der Waals surface area contributed by atoms with Crippen molar-refractivity contribution in [1.29, 1.82) is 0 Å². The molecule has 0 amide bonds. The second kappa shape index (κ2) is 7.16. The van der Waals surface area contributed by atoms with E-state index in [0.717, 1.165) is 0 Å². The first kappa shape index (κ1) is 21.0. The molecule has 4 rings (SSSR count). The number of fused-ring (bicyclic) bond motifs is 1. The Balaban J connectivity index is 1.68. The molecule has 1 aromatic rings. The van der Waals surface area contributed by atoms with E-state index < -0.39 is 32.9 Å². The van der Waals surface area contributed by atoms with Gasteiger partial charge in [-0.25, -0.2) is 8.42 Å². The molecule has 1 spiro atoms. The highest BCUT2D eigenvalue weighted by molar-refractivity contribution is 7.91. The van der Waals surface area contributed by atoms with Gasteiger partial charge in [0.15, 0.2) is 15.6 Å². The third-order valence-corrected chi connectivity index (χ3v) is 8.06. The van der Waals surface area contributed by atoms with Crippen LogP contribution in [0.2, 0.25) is 5.02 Å². The molecule has 3 atom stereocenters. The van der Waals surface area contributed by atoms with E-state index >= 15 is 0 Å². The van der Waals surface area contributed by atoms with Crippen molar-refractivity contribution in [3.05, 3.63) is 28.4 Å². The Labute approximate surface area is 179 Å². The molecule has 1 fully saturated rings. The Morgan fingerprint density at radius 2 is 1.93 bits per heavy atom. The zero-order valence-corrected chi connectivity index (χ0v) is 18.4. The van der Waals surface area contributed by atoms with Crippen molar-refractivity contribution in [3.63, 3.8) is 0 Å². The fourth-order valence-electron chi connectivity index (χ4n) is 4.40. The van der Waals surface area contributed by atoms with Crippen molar-refractivity contribution in [1.82, 2.24) is 5.32 Å². The largest absolute Gasteiger partial charge is 0.496 e. The molecule has 1 aliphatic carbocycles. The van der Waals surface area contributed by atoms with Gasteiger partial charge in [-0.3, -0.25) is 9.59 Å². The number of hydrogen-bond donors (Lipinski definition) is 1. The van der Waals surface area contributed by atoms with Crippen molar-refractivity contribution < 1.29 is 32.2 Å². The van der Waals surface area contributed by atoms with E-state index in [-0.39, 0.29) is 45.4 Å². The maximum Gasteiger partial charge on any atom is 0.236 e. The minimum atomic E-state index is -3.05. The molecule has 30 heavy (non-hydrogen) atoms. The SMILES string of the molecule is COc1cc(OC)c2c(c1Cl)O[C@@]1(C(=O)C=C(NC3CCS(=O)(=O)C3)C[C@H]1C)C2=O. The van der Waals surface area contributed by atoms with Crippen molar-refractivity contribution >= 4 is 33.0 Å². The Kier molecular flexibility index (Phi) is 5.01. The Hall–Kier alpha value is -2.26. The van der Waals surface area contributed by atoms with Gasteiger partial charge in [0.1, 0.15) is 22.1 Å². The lowest BCUT2D eigenvalue weighted by Gasteiger charge is -2.35. The number of hydrogen-bond acceptors (Lipinski definition) is 8. The van der Waals surface area contributed by atoms with Crippen LogP contribution >= 0.6 is 11.6 Å². The highest BCUT2D eigenvalue weighted by atomic mass is 35.5. The summed E-state index contributed by atoms with van der Waals surface area (Å²) in [5.74, 6) is -0.802. The number of ketones is 2. The minimum absolute atomic E-state index is 0.0333. The van der Waals surface area contributed by atoms with Gasteiger partial charge in [-0.1, -0.05) is 18.5 Å². The van der Waals surface area contributed by atoms with Gasteiger partial charge in [-0.15, -0.1) is 0 Å². The summed E-state index contributed by atoms with van der Waals surface area (Å²) in [4.78, 5) is 26.6. The van der Waals surface area contributed by atoms with Gasteiger partial charge in [-0.2, -0.15) is 0 Å². The van der Waals surface area contributed by atoms with Crippen LogP contribution in [0.1, 0.15) is 30.1 Å². The fourth-order valence-corrected chi connectivity index (χ4v) is 6.34. The number of rotatable bonds is 4. The number of Topliss-reactive ketones (excluding diaryl/α,β-unsaturated/α-hetero) is 1. The number of ether oxygens (including phenoxy) is 3. The fraction of sp³-hybridized carbons (Fsp3) is 0.500. The van der Waals surface area contributed by atoms with Crippen molar-refractivity contribution in [2.45, 2.75) is 31.4 Å². The highest BCUT2D eigenvalue weighted by Gasteiger charge is 2.60. The third-order valence-electron chi connectivity index (χ3n) is 5.93. The molecule has 0 saturated carbocycles. The summed E-state index contributed by atoms with van der Waals surface area (Å²) in [5.41, 5.74) is -1.02. The van der Waals surface area contributed by atoms with Gasteiger partial charge in [0.05, 0.1) is 25.7 Å². The molecule has 0 aromatic heterocycles.